The van der Waals surface area contributed by atoms with Crippen molar-refractivity contribution in [3.8, 4) is 0 Å². The molecule has 0 bridgehead atoms. The van der Waals surface area contributed by atoms with Crippen molar-refractivity contribution in [3.63, 3.8) is 0 Å². The maximum absolute atomic E-state index is 11.4. The van der Waals surface area contributed by atoms with Gasteiger partial charge in [-0.25, -0.2) is 9.78 Å². The molecule has 1 unspecified atom stereocenters. The molecule has 6 nitrogen and oxygen atoms in total. The summed E-state index contributed by atoms with van der Waals surface area (Å²) < 4.78 is 11.9. The van der Waals surface area contributed by atoms with Crippen molar-refractivity contribution in [1.29, 1.82) is 0 Å². The van der Waals surface area contributed by atoms with Crippen LogP contribution in [-0.4, -0.2) is 48.4 Å². The lowest BCUT2D eigenvalue weighted by atomic mass is 10.3. The van der Waals surface area contributed by atoms with E-state index in [2.05, 4.69) is 9.72 Å². The number of hydrogen-bond acceptors (Lipinski definition) is 5. The zero-order chi connectivity index (χ0) is 11.5. The molecule has 2 rings (SSSR count). The molecule has 0 spiro atoms. The topological polar surface area (TPSA) is 56.6 Å². The number of carbonyl (C=O) groups excluding carboxylic acids is 1. The fourth-order valence-corrected chi connectivity index (χ4v) is 1.77. The highest BCUT2D eigenvalue weighted by atomic mass is 16.6. The average Bonchev–Trinajstić information content (AvgIpc) is 2.74. The van der Waals surface area contributed by atoms with Gasteiger partial charge in [-0.3, -0.25) is 0 Å². The number of anilines is 1. The molecule has 0 N–H and O–H groups in total. The third kappa shape index (κ3) is 2.01. The van der Waals surface area contributed by atoms with Gasteiger partial charge in [-0.05, 0) is 0 Å². The molecule has 0 saturated carbocycles. The smallest absolute Gasteiger partial charge is 0.336 e. The van der Waals surface area contributed by atoms with Crippen LogP contribution in [0.15, 0.2) is 12.4 Å². The Morgan fingerprint density at radius 2 is 2.50 bits per heavy atom. The summed E-state index contributed by atoms with van der Waals surface area (Å²) >= 11 is 0. The number of esters is 1. The fraction of sp³-hybridized carbons (Fsp3) is 0.600. The SMILES string of the molecule is COC(=O)C1CN(c2nccn2C)CCO1. The van der Waals surface area contributed by atoms with E-state index in [1.807, 2.05) is 22.7 Å². The number of hydrogen-bond donors (Lipinski definition) is 0. The zero-order valence-electron chi connectivity index (χ0n) is 9.42. The molecule has 0 radical (unpaired) electrons. The molecule has 1 aliphatic heterocycles. The number of rotatable bonds is 2. The van der Waals surface area contributed by atoms with Crippen LogP contribution >= 0.6 is 0 Å². The standard InChI is InChI=1S/C10H15N3O3/c1-12-4-3-11-10(12)13-5-6-16-8(7-13)9(14)15-2/h3-4,8H,5-7H2,1-2H3. The van der Waals surface area contributed by atoms with E-state index in [4.69, 9.17) is 4.74 Å². The molecule has 0 aromatic carbocycles. The Balaban J connectivity index is 2.07. The van der Waals surface area contributed by atoms with Crippen LogP contribution in [0.1, 0.15) is 0 Å². The number of morpholine rings is 1. The van der Waals surface area contributed by atoms with Gasteiger partial charge in [0.15, 0.2) is 6.10 Å². The first-order valence-electron chi connectivity index (χ1n) is 5.14. The van der Waals surface area contributed by atoms with Crippen LogP contribution in [0, 0.1) is 0 Å². The van der Waals surface area contributed by atoms with E-state index in [9.17, 15) is 4.79 Å². The zero-order valence-corrected chi connectivity index (χ0v) is 9.42. The van der Waals surface area contributed by atoms with Gasteiger partial charge in [0, 0.05) is 26.0 Å². The van der Waals surface area contributed by atoms with E-state index < -0.39 is 6.10 Å². The van der Waals surface area contributed by atoms with E-state index in [0.29, 0.717) is 13.2 Å². The van der Waals surface area contributed by atoms with Gasteiger partial charge in [-0.2, -0.15) is 0 Å². The minimum atomic E-state index is -0.518. The first-order chi connectivity index (χ1) is 7.72. The minimum absolute atomic E-state index is 0.334. The summed E-state index contributed by atoms with van der Waals surface area (Å²) in [4.78, 5) is 17.6. The van der Waals surface area contributed by atoms with Crippen molar-refractivity contribution in [1.82, 2.24) is 9.55 Å². The van der Waals surface area contributed by atoms with Crippen LogP contribution < -0.4 is 4.90 Å². The van der Waals surface area contributed by atoms with Crippen molar-refractivity contribution >= 4 is 11.9 Å². The van der Waals surface area contributed by atoms with Gasteiger partial charge in [0.1, 0.15) is 0 Å². The second kappa shape index (κ2) is 4.52. The number of nitrogens with zero attached hydrogens (tertiary/aromatic N) is 3. The van der Waals surface area contributed by atoms with Crippen molar-refractivity contribution in [2.75, 3.05) is 31.7 Å². The molecule has 1 atom stereocenters. The Morgan fingerprint density at radius 3 is 3.12 bits per heavy atom. The largest absolute Gasteiger partial charge is 0.467 e. The first-order valence-corrected chi connectivity index (χ1v) is 5.14. The van der Waals surface area contributed by atoms with E-state index in [-0.39, 0.29) is 5.97 Å². The van der Waals surface area contributed by atoms with Crippen LogP contribution in [-0.2, 0) is 21.3 Å². The van der Waals surface area contributed by atoms with Crippen LogP contribution in [0.3, 0.4) is 0 Å². The molecule has 1 aliphatic rings. The number of imidazole rings is 1. The minimum Gasteiger partial charge on any atom is -0.467 e. The molecular weight excluding hydrogens is 210 g/mol. The third-order valence-electron chi connectivity index (χ3n) is 2.61. The van der Waals surface area contributed by atoms with Gasteiger partial charge >= 0.3 is 5.97 Å². The number of aryl methyl sites for hydroxylation is 1. The van der Waals surface area contributed by atoms with E-state index >= 15 is 0 Å². The summed E-state index contributed by atoms with van der Waals surface area (Å²) in [5.41, 5.74) is 0. The van der Waals surface area contributed by atoms with Crippen LogP contribution in [0.4, 0.5) is 5.95 Å². The molecule has 88 valence electrons. The number of carbonyl (C=O) groups is 1. The second-order valence-corrected chi connectivity index (χ2v) is 3.67. The highest BCUT2D eigenvalue weighted by molar-refractivity contribution is 5.75. The summed E-state index contributed by atoms with van der Waals surface area (Å²) in [6, 6.07) is 0. The highest BCUT2D eigenvalue weighted by Crippen LogP contribution is 2.15. The Hall–Kier alpha value is -1.56. The van der Waals surface area contributed by atoms with Crippen molar-refractivity contribution in [2.45, 2.75) is 6.10 Å². The summed E-state index contributed by atoms with van der Waals surface area (Å²) in [5, 5.41) is 0. The van der Waals surface area contributed by atoms with E-state index in [1.54, 1.807) is 6.20 Å². The number of aromatic nitrogens is 2. The summed E-state index contributed by atoms with van der Waals surface area (Å²) in [6.07, 6.45) is 3.09. The molecule has 16 heavy (non-hydrogen) atoms. The molecule has 1 aromatic rings. The Bertz CT molecular complexity index is 377. The molecule has 0 aliphatic carbocycles. The highest BCUT2D eigenvalue weighted by Gasteiger charge is 2.28. The maximum atomic E-state index is 11.4. The van der Waals surface area contributed by atoms with E-state index in [1.165, 1.54) is 7.11 Å². The lowest BCUT2D eigenvalue weighted by Crippen LogP contribution is -2.47. The van der Waals surface area contributed by atoms with Gasteiger partial charge in [0.2, 0.25) is 5.95 Å². The predicted octanol–water partition coefficient (Wildman–Crippen LogP) is -0.202. The quantitative estimate of drug-likeness (QED) is 0.652. The molecule has 1 saturated heterocycles. The van der Waals surface area contributed by atoms with E-state index in [0.717, 1.165) is 12.5 Å². The Kier molecular flexibility index (Phi) is 3.09. The number of methoxy groups -OCH3 is 1. The Labute approximate surface area is 93.8 Å². The molecular formula is C10H15N3O3. The maximum Gasteiger partial charge on any atom is 0.336 e. The van der Waals surface area contributed by atoms with Crippen LogP contribution in [0.5, 0.6) is 0 Å². The Morgan fingerprint density at radius 1 is 1.69 bits per heavy atom. The van der Waals surface area contributed by atoms with Gasteiger partial charge in [-0.15, -0.1) is 0 Å². The van der Waals surface area contributed by atoms with Gasteiger partial charge in [-0.1, -0.05) is 0 Å². The average molecular weight is 225 g/mol. The molecule has 0 amide bonds. The van der Waals surface area contributed by atoms with Crippen molar-refractivity contribution < 1.29 is 14.3 Å². The third-order valence-corrected chi connectivity index (χ3v) is 2.61. The summed E-state index contributed by atoms with van der Waals surface area (Å²) in [7, 11) is 3.29. The molecule has 2 heterocycles. The molecule has 1 aromatic heterocycles. The van der Waals surface area contributed by atoms with Crippen molar-refractivity contribution in [3.05, 3.63) is 12.4 Å². The monoisotopic (exact) mass is 225 g/mol. The first kappa shape index (κ1) is 10.9. The molecule has 6 heteroatoms. The van der Waals surface area contributed by atoms with Crippen LogP contribution in [0.2, 0.25) is 0 Å². The number of ether oxygens (including phenoxy) is 2. The summed E-state index contributed by atoms with van der Waals surface area (Å²) in [6.45, 7) is 1.72. The second-order valence-electron chi connectivity index (χ2n) is 3.67. The van der Waals surface area contributed by atoms with Gasteiger partial charge in [0.25, 0.3) is 0 Å². The fourth-order valence-electron chi connectivity index (χ4n) is 1.77. The summed E-state index contributed by atoms with van der Waals surface area (Å²) in [5.74, 6) is 0.510. The normalized spacial score (nSPS) is 20.9. The predicted molar refractivity (Wildman–Crippen MR) is 57.2 cm³/mol. The van der Waals surface area contributed by atoms with Crippen molar-refractivity contribution in [2.24, 2.45) is 7.05 Å². The van der Waals surface area contributed by atoms with Gasteiger partial charge in [0.05, 0.1) is 20.3 Å². The lowest BCUT2D eigenvalue weighted by Gasteiger charge is -2.32. The lowest BCUT2D eigenvalue weighted by molar-refractivity contribution is -0.154. The molecule has 1 fully saturated rings. The van der Waals surface area contributed by atoms with Crippen LogP contribution in [0.25, 0.3) is 0 Å². The van der Waals surface area contributed by atoms with Gasteiger partial charge < -0.3 is 18.9 Å².